The van der Waals surface area contributed by atoms with Crippen LogP contribution in [0.4, 0.5) is 0 Å². The lowest BCUT2D eigenvalue weighted by Crippen LogP contribution is -2.30. The molecule has 0 aliphatic heterocycles. The van der Waals surface area contributed by atoms with Crippen molar-refractivity contribution >= 4 is 5.91 Å². The second-order valence-electron chi connectivity index (χ2n) is 14.9. The third-order valence-electron chi connectivity index (χ3n) is 10.4. The van der Waals surface area contributed by atoms with Gasteiger partial charge in [-0.05, 0) is 48.1 Å². The van der Waals surface area contributed by atoms with Crippen LogP contribution >= 0.6 is 0 Å². The fourth-order valence-corrected chi connectivity index (χ4v) is 7.25. The quantitative estimate of drug-likeness (QED) is 0.0214. The summed E-state index contributed by atoms with van der Waals surface area (Å²) in [4.78, 5) is 12.8. The fraction of sp³-hybridized carbons (Fsp3) is 0.837. The predicted octanol–water partition coefficient (Wildman–Crippen LogP) is 12.2. The van der Waals surface area contributed by atoms with E-state index >= 15 is 0 Å². The second kappa shape index (κ2) is 31.3. The van der Waals surface area contributed by atoms with Crippen LogP contribution in [0.25, 0.3) is 0 Å². The zero-order valence-corrected chi connectivity index (χ0v) is 32.4. The first kappa shape index (κ1) is 45.6. The monoisotopic (exact) mass is 689 g/mol. The minimum Gasteiger partial charge on any atom is -0.388 e. The van der Waals surface area contributed by atoms with Crippen LogP contribution in [0.5, 0.6) is 0 Å². The van der Waals surface area contributed by atoms with E-state index in [9.17, 15) is 20.1 Å². The predicted molar refractivity (Wildman–Crippen MR) is 209 cm³/mol. The van der Waals surface area contributed by atoms with Gasteiger partial charge < -0.3 is 15.3 Å². The Morgan fingerprint density at radius 3 is 1.04 bits per heavy atom. The highest BCUT2D eigenvalue weighted by Gasteiger charge is 2.27. The Hall–Kier alpha value is -1.47. The number of hydrazine groups is 1. The van der Waals surface area contributed by atoms with Crippen molar-refractivity contribution in [3.05, 3.63) is 34.4 Å². The van der Waals surface area contributed by atoms with Crippen LogP contribution in [0, 0.1) is 0 Å². The van der Waals surface area contributed by atoms with Crippen molar-refractivity contribution < 1.29 is 20.1 Å². The Balaban J connectivity index is 2.99. The number of hydrogen-bond donors (Lipinski definition) is 5. The van der Waals surface area contributed by atoms with E-state index < -0.39 is 24.2 Å². The van der Waals surface area contributed by atoms with Crippen LogP contribution in [0.3, 0.4) is 0 Å². The number of nitrogens with two attached hydrogens (primary N) is 1. The normalized spacial score (nSPS) is 13.4. The van der Waals surface area contributed by atoms with Gasteiger partial charge in [0.15, 0.2) is 0 Å². The van der Waals surface area contributed by atoms with Gasteiger partial charge in [-0.2, -0.15) is 0 Å². The number of nitrogen functional groups attached to an aromatic ring is 1. The van der Waals surface area contributed by atoms with Gasteiger partial charge in [-0.25, -0.2) is 5.84 Å². The van der Waals surface area contributed by atoms with Crippen molar-refractivity contribution in [1.82, 2.24) is 5.43 Å². The van der Waals surface area contributed by atoms with E-state index in [0.717, 1.165) is 57.8 Å². The van der Waals surface area contributed by atoms with Gasteiger partial charge in [-0.3, -0.25) is 10.2 Å². The molecule has 0 saturated carbocycles. The number of carbonyl (C=O) groups excluding carboxylic acids is 1. The molecule has 49 heavy (non-hydrogen) atoms. The number of rotatable bonds is 34. The maximum atomic E-state index is 12.8. The highest BCUT2D eigenvalue weighted by Crippen LogP contribution is 2.38. The third kappa shape index (κ3) is 21.5. The number of aliphatic hydroxyl groups excluding tert-OH is 3. The van der Waals surface area contributed by atoms with Crippen LogP contribution in [-0.4, -0.2) is 21.2 Å². The van der Waals surface area contributed by atoms with E-state index in [4.69, 9.17) is 5.84 Å². The van der Waals surface area contributed by atoms with Gasteiger partial charge in [0.25, 0.3) is 5.91 Å². The van der Waals surface area contributed by atoms with Gasteiger partial charge in [0.1, 0.15) is 0 Å². The summed E-state index contributed by atoms with van der Waals surface area (Å²) < 4.78 is 0. The van der Waals surface area contributed by atoms with Gasteiger partial charge >= 0.3 is 0 Å². The lowest BCUT2D eigenvalue weighted by Gasteiger charge is -2.26. The topological polar surface area (TPSA) is 116 Å². The molecular formula is C43H80N2O4. The number of carbonyl (C=O) groups is 1. The summed E-state index contributed by atoms with van der Waals surface area (Å²) >= 11 is 0. The zero-order chi connectivity index (χ0) is 36.0. The molecule has 0 saturated heterocycles. The van der Waals surface area contributed by atoms with E-state index in [0.29, 0.717) is 41.5 Å². The molecule has 0 bridgehead atoms. The molecule has 1 aromatic carbocycles. The van der Waals surface area contributed by atoms with Crippen molar-refractivity contribution in [2.75, 3.05) is 0 Å². The number of amides is 1. The standard InChI is InChI=1S/C43H80N2O4/c1-4-7-10-13-16-19-22-25-28-31-39(46)37-34-36(43(49)45-44)35-38(40(47)32-29-26-23-20-17-14-11-8-5-2)42(37)41(48)33-30-27-24-21-18-15-12-9-6-3/h34-35,39-41,46-48H,4-33,44H2,1-3H3,(H,45,49). The van der Waals surface area contributed by atoms with Crippen molar-refractivity contribution in [1.29, 1.82) is 0 Å². The molecule has 1 rings (SSSR count). The minimum absolute atomic E-state index is 0.323. The molecular weight excluding hydrogens is 608 g/mol. The molecule has 0 fully saturated rings. The second-order valence-corrected chi connectivity index (χ2v) is 14.9. The van der Waals surface area contributed by atoms with Gasteiger partial charge in [0.2, 0.25) is 0 Å². The van der Waals surface area contributed by atoms with E-state index in [1.165, 1.54) is 116 Å². The number of unbranched alkanes of at least 4 members (excludes halogenated alkanes) is 24. The number of benzene rings is 1. The molecule has 1 aromatic rings. The molecule has 0 aromatic heterocycles. The van der Waals surface area contributed by atoms with Crippen LogP contribution < -0.4 is 11.3 Å². The Labute approximate surface area is 302 Å². The number of hydrogen-bond acceptors (Lipinski definition) is 5. The molecule has 1 amide bonds. The highest BCUT2D eigenvalue weighted by molar-refractivity contribution is 5.94. The van der Waals surface area contributed by atoms with Crippen LogP contribution in [0.15, 0.2) is 12.1 Å². The summed E-state index contributed by atoms with van der Waals surface area (Å²) in [7, 11) is 0. The summed E-state index contributed by atoms with van der Waals surface area (Å²) in [6.45, 7) is 6.73. The molecule has 6 nitrogen and oxygen atoms in total. The van der Waals surface area contributed by atoms with Crippen LogP contribution in [-0.2, 0) is 0 Å². The van der Waals surface area contributed by atoms with Crippen molar-refractivity contribution in [3.63, 3.8) is 0 Å². The lowest BCUT2D eigenvalue weighted by atomic mass is 9.84. The van der Waals surface area contributed by atoms with E-state index in [1.54, 1.807) is 12.1 Å². The van der Waals surface area contributed by atoms with Gasteiger partial charge in [-0.1, -0.05) is 194 Å². The van der Waals surface area contributed by atoms with E-state index in [1.807, 2.05) is 0 Å². The average molecular weight is 689 g/mol. The molecule has 286 valence electrons. The maximum absolute atomic E-state index is 12.8. The van der Waals surface area contributed by atoms with Gasteiger partial charge in [0, 0.05) is 5.56 Å². The molecule has 0 radical (unpaired) electrons. The SMILES string of the molecule is CCCCCCCCCCCC(O)c1cc(C(=O)NN)cc(C(O)CCCCCCCCCCC)c1C(O)CCCCCCCCCCC. The average Bonchev–Trinajstić information content (AvgIpc) is 3.11. The van der Waals surface area contributed by atoms with Crippen molar-refractivity contribution in [3.8, 4) is 0 Å². The molecule has 0 aliphatic rings. The third-order valence-corrected chi connectivity index (χ3v) is 10.4. The Morgan fingerprint density at radius 2 is 0.755 bits per heavy atom. The zero-order valence-electron chi connectivity index (χ0n) is 32.4. The summed E-state index contributed by atoms with van der Waals surface area (Å²) in [5.74, 6) is 5.10. The number of nitrogens with one attached hydrogen (secondary N) is 1. The summed E-state index contributed by atoms with van der Waals surface area (Å²) in [6.07, 6.45) is 31.7. The van der Waals surface area contributed by atoms with Gasteiger partial charge in [0.05, 0.1) is 18.3 Å². The van der Waals surface area contributed by atoms with Crippen LogP contribution in [0.1, 0.15) is 259 Å². The summed E-state index contributed by atoms with van der Waals surface area (Å²) in [5, 5.41) is 34.8. The Kier molecular flexibility index (Phi) is 29.1. The first-order valence-corrected chi connectivity index (χ1v) is 21.1. The Bertz CT molecular complexity index is 874. The molecule has 6 N–H and O–H groups in total. The first-order valence-electron chi connectivity index (χ1n) is 21.1. The molecule has 6 heteroatoms. The highest BCUT2D eigenvalue weighted by atomic mass is 16.3. The van der Waals surface area contributed by atoms with Crippen molar-refractivity contribution in [2.24, 2.45) is 5.84 Å². The largest absolute Gasteiger partial charge is 0.388 e. The van der Waals surface area contributed by atoms with Gasteiger partial charge in [-0.15, -0.1) is 0 Å². The molecule has 3 unspecified atom stereocenters. The summed E-state index contributed by atoms with van der Waals surface area (Å²) in [6, 6.07) is 3.40. The molecule has 0 heterocycles. The minimum atomic E-state index is -0.818. The smallest absolute Gasteiger partial charge is 0.265 e. The number of aliphatic hydroxyl groups is 3. The molecule has 3 atom stereocenters. The summed E-state index contributed by atoms with van der Waals surface area (Å²) in [5.41, 5.74) is 4.33. The maximum Gasteiger partial charge on any atom is 0.265 e. The van der Waals surface area contributed by atoms with E-state index in [-0.39, 0.29) is 0 Å². The lowest BCUT2D eigenvalue weighted by molar-refractivity contribution is 0.0951. The molecule has 0 spiro atoms. The fourth-order valence-electron chi connectivity index (χ4n) is 7.25. The Morgan fingerprint density at radius 1 is 0.490 bits per heavy atom. The van der Waals surface area contributed by atoms with Crippen molar-refractivity contribution in [2.45, 2.75) is 232 Å². The van der Waals surface area contributed by atoms with Crippen LogP contribution in [0.2, 0.25) is 0 Å². The first-order chi connectivity index (χ1) is 23.9. The van der Waals surface area contributed by atoms with E-state index in [2.05, 4.69) is 26.2 Å². The molecule has 0 aliphatic carbocycles.